The molecular weight excluding hydrogens is 360 g/mol. The molecule has 1 aliphatic heterocycles. The average Bonchev–Trinajstić information content (AvgIpc) is 2.66. The fourth-order valence-electron chi connectivity index (χ4n) is 4.04. The van der Waals surface area contributed by atoms with E-state index in [1.165, 1.54) is 0 Å². The van der Waals surface area contributed by atoms with Gasteiger partial charge in [0.1, 0.15) is 5.78 Å². The SMILES string of the molecule is CCC(CC)(CC(C)=O)c1nc(N2CCN(C)CC2)nc2ccc(Cl)cc12. The Balaban J connectivity index is 2.18. The molecule has 2 aromatic rings. The van der Waals surface area contributed by atoms with Crippen LogP contribution in [0, 0.1) is 0 Å². The van der Waals surface area contributed by atoms with Crippen LogP contribution in [0.15, 0.2) is 18.2 Å². The van der Waals surface area contributed by atoms with Gasteiger partial charge in [0, 0.05) is 48.4 Å². The fraction of sp³-hybridized carbons (Fsp3) is 0.571. The molecule has 0 N–H and O–H groups in total. The number of carbonyl (C=O) groups is 1. The molecule has 1 aromatic heterocycles. The minimum atomic E-state index is -0.293. The zero-order valence-corrected chi connectivity index (χ0v) is 17.5. The first kappa shape index (κ1) is 20.0. The van der Waals surface area contributed by atoms with E-state index in [1.54, 1.807) is 6.92 Å². The van der Waals surface area contributed by atoms with E-state index in [9.17, 15) is 4.79 Å². The number of anilines is 1. The van der Waals surface area contributed by atoms with Crippen molar-refractivity contribution in [3.05, 3.63) is 28.9 Å². The number of rotatable bonds is 6. The number of hydrogen-bond acceptors (Lipinski definition) is 5. The van der Waals surface area contributed by atoms with Crippen LogP contribution in [-0.2, 0) is 10.2 Å². The first-order valence-corrected chi connectivity index (χ1v) is 10.2. The number of ketones is 1. The van der Waals surface area contributed by atoms with Crippen molar-refractivity contribution in [2.45, 2.75) is 45.4 Å². The van der Waals surface area contributed by atoms with Crippen molar-refractivity contribution in [2.24, 2.45) is 0 Å². The number of halogens is 1. The normalized spacial score (nSPS) is 16.1. The third-order valence-electron chi connectivity index (χ3n) is 5.88. The number of aromatic nitrogens is 2. The maximum Gasteiger partial charge on any atom is 0.226 e. The van der Waals surface area contributed by atoms with Gasteiger partial charge in [0.05, 0.1) is 11.2 Å². The summed E-state index contributed by atoms with van der Waals surface area (Å²) in [6.07, 6.45) is 2.19. The van der Waals surface area contributed by atoms with E-state index in [2.05, 4.69) is 30.7 Å². The van der Waals surface area contributed by atoms with E-state index < -0.39 is 0 Å². The van der Waals surface area contributed by atoms with E-state index in [1.807, 2.05) is 18.2 Å². The van der Waals surface area contributed by atoms with Crippen molar-refractivity contribution < 1.29 is 4.79 Å². The van der Waals surface area contributed by atoms with Gasteiger partial charge in [0.2, 0.25) is 5.95 Å². The van der Waals surface area contributed by atoms with E-state index in [4.69, 9.17) is 21.6 Å². The average molecular weight is 389 g/mol. The van der Waals surface area contributed by atoms with Gasteiger partial charge >= 0.3 is 0 Å². The Kier molecular flexibility index (Phi) is 6.02. The molecule has 0 atom stereocenters. The molecule has 0 aliphatic carbocycles. The van der Waals surface area contributed by atoms with Crippen LogP contribution in [-0.4, -0.2) is 53.9 Å². The summed E-state index contributed by atoms with van der Waals surface area (Å²) in [5.74, 6) is 0.955. The molecule has 0 spiro atoms. The van der Waals surface area contributed by atoms with Gasteiger partial charge < -0.3 is 9.80 Å². The summed E-state index contributed by atoms with van der Waals surface area (Å²) >= 11 is 6.30. The number of benzene rings is 1. The zero-order valence-electron chi connectivity index (χ0n) is 16.8. The molecule has 1 fully saturated rings. The summed E-state index contributed by atoms with van der Waals surface area (Å²) < 4.78 is 0. The van der Waals surface area contributed by atoms with E-state index in [0.717, 1.165) is 61.6 Å². The van der Waals surface area contributed by atoms with Gasteiger partial charge in [-0.3, -0.25) is 4.79 Å². The van der Waals surface area contributed by atoms with Crippen LogP contribution in [0.3, 0.4) is 0 Å². The number of likely N-dealkylation sites (N-methyl/N-ethyl adjacent to an activating group) is 1. The second-order valence-corrected chi connectivity index (χ2v) is 8.13. The van der Waals surface area contributed by atoms with Gasteiger partial charge in [0.25, 0.3) is 0 Å². The number of piperazine rings is 1. The molecule has 27 heavy (non-hydrogen) atoms. The van der Waals surface area contributed by atoms with Gasteiger partial charge in [0.15, 0.2) is 0 Å². The standard InChI is InChI=1S/C21H29ClN4O/c1-5-21(6-2,14-15(3)27)19-17-13-16(22)7-8-18(17)23-20(24-19)26-11-9-25(4)10-12-26/h7-8,13H,5-6,9-12,14H2,1-4H3. The lowest BCUT2D eigenvalue weighted by atomic mass is 9.74. The van der Waals surface area contributed by atoms with Crippen molar-refractivity contribution in [2.75, 3.05) is 38.1 Å². The van der Waals surface area contributed by atoms with Crippen molar-refractivity contribution >= 4 is 34.2 Å². The van der Waals surface area contributed by atoms with Gasteiger partial charge in [-0.05, 0) is 45.0 Å². The molecule has 1 aliphatic rings. The smallest absolute Gasteiger partial charge is 0.226 e. The predicted molar refractivity (Wildman–Crippen MR) is 112 cm³/mol. The Labute approximate surface area is 166 Å². The quantitative estimate of drug-likeness (QED) is 0.746. The highest BCUT2D eigenvalue weighted by atomic mass is 35.5. The van der Waals surface area contributed by atoms with Crippen LogP contribution in [0.4, 0.5) is 5.95 Å². The minimum Gasteiger partial charge on any atom is -0.338 e. The number of nitrogens with zero attached hydrogens (tertiary/aromatic N) is 4. The predicted octanol–water partition coefficient (Wildman–Crippen LogP) is 4.07. The Morgan fingerprint density at radius 2 is 1.81 bits per heavy atom. The maximum absolute atomic E-state index is 12.1. The van der Waals surface area contributed by atoms with E-state index in [-0.39, 0.29) is 11.2 Å². The van der Waals surface area contributed by atoms with Crippen LogP contribution in [0.2, 0.25) is 5.02 Å². The summed E-state index contributed by atoms with van der Waals surface area (Å²) in [7, 11) is 2.14. The highest BCUT2D eigenvalue weighted by molar-refractivity contribution is 6.31. The van der Waals surface area contributed by atoms with Gasteiger partial charge in [-0.25, -0.2) is 9.97 Å². The van der Waals surface area contributed by atoms with Crippen LogP contribution in [0.25, 0.3) is 10.9 Å². The number of Topliss-reactive ketones (excluding diaryl/α,β-unsaturated/α-hetero) is 1. The zero-order chi connectivity index (χ0) is 19.6. The largest absolute Gasteiger partial charge is 0.338 e. The van der Waals surface area contributed by atoms with E-state index >= 15 is 0 Å². The molecule has 0 bridgehead atoms. The third-order valence-corrected chi connectivity index (χ3v) is 6.11. The molecule has 5 nitrogen and oxygen atoms in total. The molecule has 2 heterocycles. The molecule has 6 heteroatoms. The molecule has 0 saturated carbocycles. The number of fused-ring (bicyclic) bond motifs is 1. The first-order valence-electron chi connectivity index (χ1n) is 9.79. The summed E-state index contributed by atoms with van der Waals surface area (Å²) in [6, 6.07) is 5.78. The molecular formula is C21H29ClN4O. The summed E-state index contributed by atoms with van der Waals surface area (Å²) in [4.78, 5) is 26.5. The Morgan fingerprint density at radius 1 is 1.15 bits per heavy atom. The molecule has 0 radical (unpaired) electrons. The molecule has 0 amide bonds. The van der Waals surface area contributed by atoms with Crippen LogP contribution < -0.4 is 4.90 Å². The topological polar surface area (TPSA) is 49.3 Å². The highest BCUT2D eigenvalue weighted by Gasteiger charge is 2.34. The third kappa shape index (κ3) is 4.09. The number of hydrogen-bond donors (Lipinski definition) is 0. The summed E-state index contributed by atoms with van der Waals surface area (Å²) in [6.45, 7) is 9.76. The molecule has 1 aromatic carbocycles. The van der Waals surface area contributed by atoms with Crippen LogP contribution >= 0.6 is 11.6 Å². The van der Waals surface area contributed by atoms with Crippen molar-refractivity contribution in [1.82, 2.24) is 14.9 Å². The first-order chi connectivity index (χ1) is 12.9. The van der Waals surface area contributed by atoms with Crippen molar-refractivity contribution in [3.63, 3.8) is 0 Å². The molecule has 3 rings (SSSR count). The van der Waals surface area contributed by atoms with Gasteiger partial charge in [-0.2, -0.15) is 0 Å². The number of carbonyl (C=O) groups excluding carboxylic acids is 1. The lowest BCUT2D eigenvalue weighted by Gasteiger charge is -2.35. The van der Waals surface area contributed by atoms with Crippen molar-refractivity contribution in [3.8, 4) is 0 Å². The van der Waals surface area contributed by atoms with Crippen LogP contribution in [0.1, 0.15) is 45.7 Å². The van der Waals surface area contributed by atoms with Crippen molar-refractivity contribution in [1.29, 1.82) is 0 Å². The van der Waals surface area contributed by atoms with Crippen LogP contribution in [0.5, 0.6) is 0 Å². The fourth-order valence-corrected chi connectivity index (χ4v) is 4.21. The van der Waals surface area contributed by atoms with E-state index in [0.29, 0.717) is 11.4 Å². The lowest BCUT2D eigenvalue weighted by molar-refractivity contribution is -0.118. The second kappa shape index (κ2) is 8.11. The van der Waals surface area contributed by atoms with Gasteiger partial charge in [-0.1, -0.05) is 25.4 Å². The minimum absolute atomic E-state index is 0.189. The monoisotopic (exact) mass is 388 g/mol. The van der Waals surface area contributed by atoms with Gasteiger partial charge in [-0.15, -0.1) is 0 Å². The molecule has 0 unspecified atom stereocenters. The summed E-state index contributed by atoms with van der Waals surface area (Å²) in [5.41, 5.74) is 1.57. The Hall–Kier alpha value is -1.72. The molecule has 146 valence electrons. The maximum atomic E-state index is 12.1. The Morgan fingerprint density at radius 3 is 2.41 bits per heavy atom. The Bertz CT molecular complexity index is 826. The molecule has 1 saturated heterocycles. The second-order valence-electron chi connectivity index (χ2n) is 7.69. The summed E-state index contributed by atoms with van der Waals surface area (Å²) in [5, 5.41) is 1.63. The highest BCUT2D eigenvalue weighted by Crippen LogP contribution is 2.39. The lowest BCUT2D eigenvalue weighted by Crippen LogP contribution is -2.45.